The van der Waals surface area contributed by atoms with Gasteiger partial charge < -0.3 is 0 Å². The molecule has 72 valence electrons. The number of nitrogens with zero attached hydrogens (tertiary/aromatic N) is 1. The first-order valence-electron chi connectivity index (χ1n) is 5.13. The van der Waals surface area contributed by atoms with Gasteiger partial charge in [-0.25, -0.2) is 0 Å². The van der Waals surface area contributed by atoms with E-state index in [1.54, 1.807) is 0 Å². The van der Waals surface area contributed by atoms with Gasteiger partial charge in [0.05, 0.1) is 4.05 Å². The van der Waals surface area contributed by atoms with E-state index in [2.05, 4.69) is 41.5 Å². The SMILES string of the molecule is CCCCCCCC1C(I)N1C. The third-order valence-corrected chi connectivity index (χ3v) is 4.45. The molecule has 0 N–H and O–H groups in total. The van der Waals surface area contributed by atoms with Gasteiger partial charge in [-0.15, -0.1) is 0 Å². The summed E-state index contributed by atoms with van der Waals surface area (Å²) in [4.78, 5) is 2.46. The zero-order valence-electron chi connectivity index (χ0n) is 8.22. The van der Waals surface area contributed by atoms with Crippen molar-refractivity contribution >= 4 is 22.6 Å². The summed E-state index contributed by atoms with van der Waals surface area (Å²) in [6.07, 6.45) is 8.54. The molecule has 3 atom stereocenters. The van der Waals surface area contributed by atoms with Crippen molar-refractivity contribution in [3.05, 3.63) is 0 Å². The quantitative estimate of drug-likeness (QED) is 0.237. The molecule has 1 heterocycles. The zero-order valence-corrected chi connectivity index (χ0v) is 10.4. The van der Waals surface area contributed by atoms with Crippen LogP contribution in [0.25, 0.3) is 0 Å². The smallest absolute Gasteiger partial charge is 0.0777 e. The van der Waals surface area contributed by atoms with Crippen LogP contribution in [-0.4, -0.2) is 22.0 Å². The highest BCUT2D eigenvalue weighted by Gasteiger charge is 2.40. The summed E-state index contributed by atoms with van der Waals surface area (Å²) >= 11 is 2.54. The number of rotatable bonds is 6. The fourth-order valence-corrected chi connectivity index (χ4v) is 2.75. The van der Waals surface area contributed by atoms with Crippen LogP contribution in [0.15, 0.2) is 0 Å². The van der Waals surface area contributed by atoms with Crippen LogP contribution in [0.5, 0.6) is 0 Å². The molecule has 3 unspecified atom stereocenters. The van der Waals surface area contributed by atoms with Gasteiger partial charge in [-0.2, -0.15) is 0 Å². The number of alkyl halides is 1. The van der Waals surface area contributed by atoms with E-state index in [4.69, 9.17) is 0 Å². The number of halogens is 1. The van der Waals surface area contributed by atoms with Crippen molar-refractivity contribution in [2.45, 2.75) is 55.5 Å². The Morgan fingerprint density at radius 2 is 1.75 bits per heavy atom. The summed E-state index contributed by atoms with van der Waals surface area (Å²) in [7, 11) is 2.23. The lowest BCUT2D eigenvalue weighted by Crippen LogP contribution is -1.93. The molecule has 1 rings (SSSR count). The first kappa shape index (κ1) is 10.8. The molecule has 12 heavy (non-hydrogen) atoms. The van der Waals surface area contributed by atoms with Gasteiger partial charge in [0.2, 0.25) is 0 Å². The summed E-state index contributed by atoms with van der Waals surface area (Å²) in [6.45, 7) is 2.27. The van der Waals surface area contributed by atoms with Gasteiger partial charge >= 0.3 is 0 Å². The molecule has 0 saturated carbocycles. The molecule has 1 saturated heterocycles. The normalized spacial score (nSPS) is 33.8. The maximum absolute atomic E-state index is 2.54. The van der Waals surface area contributed by atoms with Gasteiger partial charge in [-0.3, -0.25) is 4.90 Å². The van der Waals surface area contributed by atoms with Crippen LogP contribution < -0.4 is 0 Å². The van der Waals surface area contributed by atoms with Crippen molar-refractivity contribution in [2.24, 2.45) is 0 Å². The lowest BCUT2D eigenvalue weighted by atomic mass is 10.1. The monoisotopic (exact) mass is 281 g/mol. The van der Waals surface area contributed by atoms with Gasteiger partial charge in [0.25, 0.3) is 0 Å². The predicted octanol–water partition coefficient (Wildman–Crippen LogP) is 3.42. The molecular weight excluding hydrogens is 261 g/mol. The highest BCUT2D eigenvalue weighted by atomic mass is 127. The average molecular weight is 281 g/mol. The van der Waals surface area contributed by atoms with Crippen LogP contribution in [0, 0.1) is 0 Å². The summed E-state index contributed by atoms with van der Waals surface area (Å²) < 4.78 is 0.841. The molecule has 0 amide bonds. The van der Waals surface area contributed by atoms with E-state index in [9.17, 15) is 0 Å². The van der Waals surface area contributed by atoms with E-state index in [1.165, 1.54) is 38.5 Å². The molecule has 1 fully saturated rings. The zero-order chi connectivity index (χ0) is 8.97. The summed E-state index contributed by atoms with van der Waals surface area (Å²) in [5.74, 6) is 0. The molecule has 0 aliphatic carbocycles. The van der Waals surface area contributed by atoms with Crippen molar-refractivity contribution in [1.29, 1.82) is 0 Å². The van der Waals surface area contributed by atoms with Gasteiger partial charge in [0, 0.05) is 6.04 Å². The summed E-state index contributed by atoms with van der Waals surface area (Å²) in [5, 5.41) is 0. The Morgan fingerprint density at radius 3 is 2.25 bits per heavy atom. The van der Waals surface area contributed by atoms with Crippen LogP contribution in [0.4, 0.5) is 0 Å². The average Bonchev–Trinajstić information content (AvgIpc) is 2.62. The Balaban J connectivity index is 1.84. The van der Waals surface area contributed by atoms with Crippen LogP contribution in [-0.2, 0) is 0 Å². The first-order chi connectivity index (χ1) is 5.77. The third-order valence-electron chi connectivity index (χ3n) is 2.74. The van der Waals surface area contributed by atoms with Gasteiger partial charge in [-0.05, 0) is 13.5 Å². The minimum atomic E-state index is 0.841. The predicted molar refractivity (Wildman–Crippen MR) is 62.7 cm³/mol. The lowest BCUT2D eigenvalue weighted by Gasteiger charge is -1.98. The van der Waals surface area contributed by atoms with Crippen LogP contribution in [0.3, 0.4) is 0 Å². The number of likely N-dealkylation sites (N-methyl/N-ethyl adjacent to an activating group) is 1. The van der Waals surface area contributed by atoms with E-state index in [1.807, 2.05) is 0 Å². The molecule has 0 aromatic rings. The molecule has 1 aliphatic heterocycles. The first-order valence-corrected chi connectivity index (χ1v) is 6.38. The summed E-state index contributed by atoms with van der Waals surface area (Å²) in [5.41, 5.74) is 0. The molecule has 0 aromatic heterocycles. The van der Waals surface area contributed by atoms with Crippen molar-refractivity contribution in [3.63, 3.8) is 0 Å². The van der Waals surface area contributed by atoms with E-state index < -0.39 is 0 Å². The number of hydrogen-bond donors (Lipinski definition) is 0. The maximum Gasteiger partial charge on any atom is 0.0777 e. The van der Waals surface area contributed by atoms with Crippen molar-refractivity contribution in [2.75, 3.05) is 7.05 Å². The molecule has 0 bridgehead atoms. The second-order valence-electron chi connectivity index (χ2n) is 3.81. The van der Waals surface area contributed by atoms with Crippen molar-refractivity contribution < 1.29 is 0 Å². The third kappa shape index (κ3) is 3.21. The van der Waals surface area contributed by atoms with Gasteiger partial charge in [0.15, 0.2) is 0 Å². The van der Waals surface area contributed by atoms with E-state index in [0.29, 0.717) is 0 Å². The Bertz CT molecular complexity index is 119. The molecule has 0 aromatic carbocycles. The number of unbranched alkanes of at least 4 members (excludes halogenated alkanes) is 4. The number of hydrogen-bond acceptors (Lipinski definition) is 1. The Labute approximate surface area is 90.0 Å². The second kappa shape index (κ2) is 5.43. The molecule has 1 aliphatic rings. The fourth-order valence-electron chi connectivity index (χ4n) is 1.66. The highest BCUT2D eigenvalue weighted by molar-refractivity contribution is 14.1. The van der Waals surface area contributed by atoms with Crippen LogP contribution >= 0.6 is 22.6 Å². The highest BCUT2D eigenvalue weighted by Crippen LogP contribution is 2.35. The Morgan fingerprint density at radius 1 is 1.17 bits per heavy atom. The maximum atomic E-state index is 2.54. The molecule has 2 heteroatoms. The van der Waals surface area contributed by atoms with Crippen LogP contribution in [0.1, 0.15) is 45.4 Å². The standard InChI is InChI=1S/C10H20IN/c1-3-4-5-6-7-8-9-10(11)12(9)2/h9-10H,3-8H2,1-2H3. The molecule has 1 nitrogen and oxygen atoms in total. The van der Waals surface area contributed by atoms with E-state index in [0.717, 1.165) is 10.1 Å². The van der Waals surface area contributed by atoms with Crippen molar-refractivity contribution in [1.82, 2.24) is 4.90 Å². The minimum absolute atomic E-state index is 0.841. The topological polar surface area (TPSA) is 3.01 Å². The lowest BCUT2D eigenvalue weighted by molar-refractivity contribution is 0.541. The molecule has 0 radical (unpaired) electrons. The molecule has 0 spiro atoms. The second-order valence-corrected chi connectivity index (χ2v) is 5.08. The van der Waals surface area contributed by atoms with E-state index in [-0.39, 0.29) is 0 Å². The van der Waals surface area contributed by atoms with Crippen LogP contribution in [0.2, 0.25) is 0 Å². The van der Waals surface area contributed by atoms with Gasteiger partial charge in [-0.1, -0.05) is 61.6 Å². The Hall–Kier alpha value is 0.690. The van der Waals surface area contributed by atoms with Gasteiger partial charge in [0.1, 0.15) is 0 Å². The molecular formula is C10H20IN. The Kier molecular flexibility index (Phi) is 4.87. The summed E-state index contributed by atoms with van der Waals surface area (Å²) in [6, 6.07) is 0.909. The van der Waals surface area contributed by atoms with Crippen molar-refractivity contribution in [3.8, 4) is 0 Å². The largest absolute Gasteiger partial charge is 0.288 e. The minimum Gasteiger partial charge on any atom is -0.288 e. The van der Waals surface area contributed by atoms with E-state index >= 15 is 0 Å². The fraction of sp³-hybridized carbons (Fsp3) is 1.00.